The lowest BCUT2D eigenvalue weighted by atomic mass is 9.94. The Balaban J connectivity index is 2.41. The number of benzene rings is 2. The molecule has 0 N–H and O–H groups in total. The van der Waals surface area contributed by atoms with Gasteiger partial charge in [0.15, 0.2) is 0 Å². The molecule has 1 atom stereocenters. The summed E-state index contributed by atoms with van der Waals surface area (Å²) in [4.78, 5) is 28.7. The highest BCUT2D eigenvalue weighted by atomic mass is 35.5. The molecule has 0 bridgehead atoms. The SMILES string of the molecule is CCOC(=O)[C@](C[N+](=O)[O-])(O/N=C\c1ccc(OC)cc1)c1cccc(Cl)c1. The number of carbonyl (C=O) groups is 1. The number of ether oxygens (including phenoxy) is 2. The molecule has 0 fully saturated rings. The van der Waals surface area contributed by atoms with Gasteiger partial charge in [-0.05, 0) is 48.9 Å². The highest BCUT2D eigenvalue weighted by molar-refractivity contribution is 6.30. The lowest BCUT2D eigenvalue weighted by molar-refractivity contribution is -0.501. The molecular weight excluding hydrogens is 388 g/mol. The van der Waals surface area contributed by atoms with Crippen molar-refractivity contribution in [2.75, 3.05) is 20.3 Å². The highest BCUT2D eigenvalue weighted by Gasteiger charge is 2.51. The molecule has 28 heavy (non-hydrogen) atoms. The normalized spacial score (nSPS) is 13.0. The number of esters is 1. The van der Waals surface area contributed by atoms with E-state index in [4.69, 9.17) is 25.9 Å². The molecule has 2 aromatic carbocycles. The molecule has 0 radical (unpaired) electrons. The van der Waals surface area contributed by atoms with E-state index in [9.17, 15) is 14.9 Å². The molecule has 2 rings (SSSR count). The number of methoxy groups -OCH3 is 1. The number of oxime groups is 1. The van der Waals surface area contributed by atoms with Crippen LogP contribution in [0.3, 0.4) is 0 Å². The molecule has 0 spiro atoms. The molecule has 0 saturated heterocycles. The summed E-state index contributed by atoms with van der Waals surface area (Å²) in [5.74, 6) is -0.271. The largest absolute Gasteiger partial charge is 0.497 e. The standard InChI is InChI=1S/C19H19ClN2O6/c1-3-27-18(23)19(13-22(24)25,15-5-4-6-16(20)11-15)28-21-12-14-7-9-17(26-2)10-8-14/h4-12H,3,13H2,1-2H3/b21-12-/t19-/m1/s1. The Labute approximate surface area is 166 Å². The number of hydrogen-bond donors (Lipinski definition) is 0. The molecule has 2 aromatic rings. The number of halogens is 1. The molecule has 0 aliphatic carbocycles. The fraction of sp³-hybridized carbons (Fsp3) is 0.263. The quantitative estimate of drug-likeness (QED) is 0.274. The molecule has 0 saturated carbocycles. The molecule has 0 unspecified atom stereocenters. The zero-order chi connectivity index (χ0) is 20.6. The first-order chi connectivity index (χ1) is 13.4. The Morgan fingerprint density at radius 3 is 2.57 bits per heavy atom. The van der Waals surface area contributed by atoms with Crippen LogP contribution in [0.4, 0.5) is 0 Å². The second kappa shape index (κ2) is 9.70. The average molecular weight is 407 g/mol. The van der Waals surface area contributed by atoms with Crippen LogP contribution < -0.4 is 4.74 Å². The van der Waals surface area contributed by atoms with Gasteiger partial charge in [-0.25, -0.2) is 4.79 Å². The van der Waals surface area contributed by atoms with E-state index in [-0.39, 0.29) is 17.2 Å². The minimum atomic E-state index is -2.08. The van der Waals surface area contributed by atoms with Crippen molar-refractivity contribution in [3.8, 4) is 5.75 Å². The second-order valence-corrected chi connectivity index (χ2v) is 6.08. The van der Waals surface area contributed by atoms with Crippen molar-refractivity contribution in [1.82, 2.24) is 0 Å². The Morgan fingerprint density at radius 1 is 1.29 bits per heavy atom. The third-order valence-corrected chi connectivity index (χ3v) is 4.01. The van der Waals surface area contributed by atoms with Gasteiger partial charge in [0.2, 0.25) is 0 Å². The number of carbonyl (C=O) groups excluding carboxylic acids is 1. The Bertz CT molecular complexity index is 856. The van der Waals surface area contributed by atoms with Crippen molar-refractivity contribution in [3.63, 3.8) is 0 Å². The fourth-order valence-electron chi connectivity index (χ4n) is 2.43. The monoisotopic (exact) mass is 406 g/mol. The number of hydrogen-bond acceptors (Lipinski definition) is 7. The van der Waals surface area contributed by atoms with E-state index >= 15 is 0 Å². The van der Waals surface area contributed by atoms with E-state index in [1.54, 1.807) is 50.4 Å². The van der Waals surface area contributed by atoms with Crippen LogP contribution in [0.15, 0.2) is 53.7 Å². The first kappa shape index (κ1) is 21.2. The van der Waals surface area contributed by atoms with Gasteiger partial charge in [-0.15, -0.1) is 0 Å². The summed E-state index contributed by atoms with van der Waals surface area (Å²) in [6.07, 6.45) is 1.33. The fourth-order valence-corrected chi connectivity index (χ4v) is 2.62. The van der Waals surface area contributed by atoms with Crippen LogP contribution in [-0.4, -0.2) is 37.4 Å². The van der Waals surface area contributed by atoms with Gasteiger partial charge in [-0.2, -0.15) is 0 Å². The van der Waals surface area contributed by atoms with Gasteiger partial charge in [-0.3, -0.25) is 10.1 Å². The Morgan fingerprint density at radius 2 is 2.00 bits per heavy atom. The van der Waals surface area contributed by atoms with Crippen molar-refractivity contribution >= 4 is 23.8 Å². The van der Waals surface area contributed by atoms with Crippen LogP contribution in [0, 0.1) is 10.1 Å². The van der Waals surface area contributed by atoms with Crippen molar-refractivity contribution in [2.45, 2.75) is 12.5 Å². The van der Waals surface area contributed by atoms with Gasteiger partial charge in [-0.1, -0.05) is 28.9 Å². The first-order valence-electron chi connectivity index (χ1n) is 8.32. The van der Waals surface area contributed by atoms with Gasteiger partial charge in [0.25, 0.3) is 6.54 Å². The third-order valence-electron chi connectivity index (χ3n) is 3.77. The second-order valence-electron chi connectivity index (χ2n) is 5.65. The Hall–Kier alpha value is -3.13. The molecule has 148 valence electrons. The van der Waals surface area contributed by atoms with Crippen LogP contribution in [0.25, 0.3) is 0 Å². The van der Waals surface area contributed by atoms with Crippen molar-refractivity contribution in [2.24, 2.45) is 5.16 Å². The van der Waals surface area contributed by atoms with Crippen molar-refractivity contribution < 1.29 is 24.0 Å². The van der Waals surface area contributed by atoms with E-state index in [0.717, 1.165) is 0 Å². The molecule has 0 aromatic heterocycles. The van der Waals surface area contributed by atoms with Crippen LogP contribution in [0.2, 0.25) is 5.02 Å². The van der Waals surface area contributed by atoms with Gasteiger partial charge >= 0.3 is 11.6 Å². The van der Waals surface area contributed by atoms with Gasteiger partial charge in [0.05, 0.1) is 19.9 Å². The summed E-state index contributed by atoms with van der Waals surface area (Å²) in [7, 11) is 1.54. The summed E-state index contributed by atoms with van der Waals surface area (Å²) in [6, 6.07) is 12.9. The van der Waals surface area contributed by atoms with E-state index < -0.39 is 23.0 Å². The zero-order valence-corrected chi connectivity index (χ0v) is 16.1. The smallest absolute Gasteiger partial charge is 0.365 e. The predicted molar refractivity (Wildman–Crippen MR) is 103 cm³/mol. The van der Waals surface area contributed by atoms with Gasteiger partial charge < -0.3 is 14.3 Å². The summed E-state index contributed by atoms with van der Waals surface area (Å²) in [6.45, 7) is 0.726. The number of nitrogens with zero attached hydrogens (tertiary/aromatic N) is 2. The lowest BCUT2D eigenvalue weighted by Crippen LogP contribution is -2.45. The molecule has 9 heteroatoms. The summed E-state index contributed by atoms with van der Waals surface area (Å²) >= 11 is 6.00. The molecule has 0 heterocycles. The molecule has 0 aliphatic rings. The molecule has 0 aliphatic heterocycles. The highest BCUT2D eigenvalue weighted by Crippen LogP contribution is 2.30. The van der Waals surface area contributed by atoms with Crippen LogP contribution >= 0.6 is 11.6 Å². The van der Waals surface area contributed by atoms with Gasteiger partial charge in [0.1, 0.15) is 5.75 Å². The predicted octanol–water partition coefficient (Wildman–Crippen LogP) is 3.43. The zero-order valence-electron chi connectivity index (χ0n) is 15.3. The first-order valence-corrected chi connectivity index (χ1v) is 8.69. The minimum Gasteiger partial charge on any atom is -0.497 e. The van der Waals surface area contributed by atoms with E-state index in [1.807, 2.05) is 0 Å². The lowest BCUT2D eigenvalue weighted by Gasteiger charge is -2.25. The molecule has 8 nitrogen and oxygen atoms in total. The van der Waals surface area contributed by atoms with Crippen molar-refractivity contribution in [1.29, 1.82) is 0 Å². The maximum Gasteiger partial charge on any atom is 0.365 e. The van der Waals surface area contributed by atoms with Crippen LogP contribution in [-0.2, 0) is 20.0 Å². The number of nitro groups is 1. The maximum atomic E-state index is 12.7. The maximum absolute atomic E-state index is 12.7. The van der Waals surface area contributed by atoms with Gasteiger partial charge in [0, 0.05) is 15.5 Å². The molecular formula is C19H19ClN2O6. The average Bonchev–Trinajstić information content (AvgIpc) is 2.67. The van der Waals surface area contributed by atoms with E-state index in [0.29, 0.717) is 11.3 Å². The summed E-state index contributed by atoms with van der Waals surface area (Å²) in [5.41, 5.74) is -1.26. The summed E-state index contributed by atoms with van der Waals surface area (Å²) in [5, 5.41) is 15.4. The van der Waals surface area contributed by atoms with Crippen LogP contribution in [0.1, 0.15) is 18.1 Å². The minimum absolute atomic E-state index is 0.0183. The Kier molecular flexibility index (Phi) is 7.34. The number of rotatable bonds is 9. The molecule has 0 amide bonds. The summed E-state index contributed by atoms with van der Waals surface area (Å²) < 4.78 is 10.1. The van der Waals surface area contributed by atoms with Crippen molar-refractivity contribution in [3.05, 3.63) is 74.8 Å². The topological polar surface area (TPSA) is 100 Å². The van der Waals surface area contributed by atoms with E-state index in [1.165, 1.54) is 18.3 Å². The van der Waals surface area contributed by atoms with E-state index in [2.05, 4.69) is 5.16 Å². The van der Waals surface area contributed by atoms with Crippen LogP contribution in [0.5, 0.6) is 5.75 Å². The third kappa shape index (κ3) is 5.20.